The number of pyridine rings is 1. The Morgan fingerprint density at radius 3 is 2.55 bits per heavy atom. The van der Waals surface area contributed by atoms with Gasteiger partial charge in [-0.05, 0) is 35.9 Å². The molecule has 2 aromatic carbocycles. The smallest absolute Gasteiger partial charge is 0.257 e. The Balaban J connectivity index is 2.39. The van der Waals surface area contributed by atoms with Crippen molar-refractivity contribution in [1.82, 2.24) is 4.98 Å². The average molecular weight is 311 g/mol. The van der Waals surface area contributed by atoms with Crippen LogP contribution in [0.15, 0.2) is 47.3 Å². The standard InChI is InChI=1S/C17H11ClN2O2/c1-22-12-6-7-15-13(8-12)14(9-19)16(17(21)20-15)10-2-4-11(18)5-3-10/h2-8H,1H3,(H,20,21). The van der Waals surface area contributed by atoms with E-state index in [4.69, 9.17) is 16.3 Å². The summed E-state index contributed by atoms with van der Waals surface area (Å²) in [6, 6.07) is 14.2. The molecule has 0 atom stereocenters. The minimum Gasteiger partial charge on any atom is -0.497 e. The lowest BCUT2D eigenvalue weighted by Gasteiger charge is -2.09. The van der Waals surface area contributed by atoms with Crippen LogP contribution in [0.3, 0.4) is 0 Å². The summed E-state index contributed by atoms with van der Waals surface area (Å²) < 4.78 is 5.19. The zero-order valence-electron chi connectivity index (χ0n) is 11.7. The highest BCUT2D eigenvalue weighted by Crippen LogP contribution is 2.28. The van der Waals surface area contributed by atoms with Crippen LogP contribution < -0.4 is 10.3 Å². The third-order valence-corrected chi connectivity index (χ3v) is 3.72. The van der Waals surface area contributed by atoms with Crippen LogP contribution in [0.5, 0.6) is 5.75 Å². The fourth-order valence-corrected chi connectivity index (χ4v) is 2.53. The molecule has 0 amide bonds. The minimum absolute atomic E-state index is 0.309. The summed E-state index contributed by atoms with van der Waals surface area (Å²) in [6.45, 7) is 0. The van der Waals surface area contributed by atoms with Gasteiger partial charge in [0.1, 0.15) is 11.8 Å². The molecule has 1 N–H and O–H groups in total. The Labute approximate surface area is 131 Å². The van der Waals surface area contributed by atoms with E-state index in [1.165, 1.54) is 0 Å². The van der Waals surface area contributed by atoms with Crippen LogP contribution in [0.25, 0.3) is 22.0 Å². The summed E-state index contributed by atoms with van der Waals surface area (Å²) in [5, 5.41) is 10.8. The molecule has 3 rings (SSSR count). The van der Waals surface area contributed by atoms with Gasteiger partial charge in [-0.2, -0.15) is 5.26 Å². The molecule has 0 saturated carbocycles. The number of hydrogen-bond donors (Lipinski definition) is 1. The maximum Gasteiger partial charge on any atom is 0.257 e. The van der Waals surface area contributed by atoms with Crippen LogP contribution in [-0.2, 0) is 0 Å². The third kappa shape index (κ3) is 2.32. The first kappa shape index (κ1) is 14.2. The Bertz CT molecular complexity index is 953. The van der Waals surface area contributed by atoms with Crippen molar-refractivity contribution in [3.63, 3.8) is 0 Å². The first-order chi connectivity index (χ1) is 10.6. The second-order valence-electron chi connectivity index (χ2n) is 4.73. The van der Waals surface area contributed by atoms with Crippen molar-refractivity contribution in [3.8, 4) is 22.9 Å². The van der Waals surface area contributed by atoms with Gasteiger partial charge in [0.25, 0.3) is 5.56 Å². The molecule has 0 aliphatic carbocycles. The van der Waals surface area contributed by atoms with E-state index in [0.29, 0.717) is 38.4 Å². The molecular formula is C17H11ClN2O2. The number of nitrogens with zero attached hydrogens (tertiary/aromatic N) is 1. The van der Waals surface area contributed by atoms with E-state index in [1.54, 1.807) is 49.6 Å². The van der Waals surface area contributed by atoms with Gasteiger partial charge in [-0.25, -0.2) is 0 Å². The summed E-state index contributed by atoms with van der Waals surface area (Å²) in [5.41, 5.74) is 1.59. The summed E-state index contributed by atoms with van der Waals surface area (Å²) in [7, 11) is 1.55. The van der Waals surface area contributed by atoms with Gasteiger partial charge in [0.05, 0.1) is 18.2 Å². The molecule has 4 nitrogen and oxygen atoms in total. The van der Waals surface area contributed by atoms with Gasteiger partial charge >= 0.3 is 0 Å². The molecule has 108 valence electrons. The van der Waals surface area contributed by atoms with Crippen molar-refractivity contribution in [2.24, 2.45) is 0 Å². The highest BCUT2D eigenvalue weighted by Gasteiger charge is 2.15. The van der Waals surface area contributed by atoms with Gasteiger partial charge in [-0.15, -0.1) is 0 Å². The molecule has 0 radical (unpaired) electrons. The van der Waals surface area contributed by atoms with Gasteiger partial charge in [0.15, 0.2) is 0 Å². The molecule has 1 heterocycles. The van der Waals surface area contributed by atoms with Crippen molar-refractivity contribution < 1.29 is 4.74 Å². The second kappa shape index (κ2) is 5.55. The fraction of sp³-hybridized carbons (Fsp3) is 0.0588. The highest BCUT2D eigenvalue weighted by molar-refractivity contribution is 6.30. The number of rotatable bonds is 2. The summed E-state index contributed by atoms with van der Waals surface area (Å²) in [6.07, 6.45) is 0. The lowest BCUT2D eigenvalue weighted by molar-refractivity contribution is 0.415. The molecule has 0 aliphatic rings. The van der Waals surface area contributed by atoms with Crippen molar-refractivity contribution in [2.45, 2.75) is 0 Å². The number of methoxy groups -OCH3 is 1. The average Bonchev–Trinajstić information content (AvgIpc) is 2.54. The Kier molecular flexibility index (Phi) is 3.58. The van der Waals surface area contributed by atoms with Gasteiger partial charge in [0.2, 0.25) is 0 Å². The van der Waals surface area contributed by atoms with Crippen LogP contribution in [-0.4, -0.2) is 12.1 Å². The minimum atomic E-state index is -0.309. The van der Waals surface area contributed by atoms with Gasteiger partial charge in [0, 0.05) is 15.9 Å². The van der Waals surface area contributed by atoms with Gasteiger partial charge in [-0.3, -0.25) is 4.79 Å². The zero-order chi connectivity index (χ0) is 15.7. The lowest BCUT2D eigenvalue weighted by atomic mass is 9.98. The Morgan fingerprint density at radius 1 is 1.18 bits per heavy atom. The van der Waals surface area contributed by atoms with Crippen molar-refractivity contribution in [2.75, 3.05) is 7.11 Å². The number of H-pyrrole nitrogens is 1. The van der Waals surface area contributed by atoms with Crippen LogP contribution in [0.2, 0.25) is 5.02 Å². The van der Waals surface area contributed by atoms with Crippen LogP contribution in [0.4, 0.5) is 0 Å². The maximum absolute atomic E-state index is 12.4. The molecule has 0 bridgehead atoms. The first-order valence-electron chi connectivity index (χ1n) is 6.54. The molecule has 0 spiro atoms. The Morgan fingerprint density at radius 2 is 1.91 bits per heavy atom. The third-order valence-electron chi connectivity index (χ3n) is 3.47. The molecule has 0 saturated heterocycles. The van der Waals surface area contributed by atoms with E-state index < -0.39 is 0 Å². The highest BCUT2D eigenvalue weighted by atomic mass is 35.5. The topological polar surface area (TPSA) is 65.9 Å². The summed E-state index contributed by atoms with van der Waals surface area (Å²) in [5.74, 6) is 0.623. The monoisotopic (exact) mass is 310 g/mol. The number of ether oxygens (including phenoxy) is 1. The van der Waals surface area contributed by atoms with Gasteiger partial charge in [-0.1, -0.05) is 23.7 Å². The number of nitriles is 1. The molecule has 0 unspecified atom stereocenters. The number of fused-ring (bicyclic) bond motifs is 1. The summed E-state index contributed by atoms with van der Waals surface area (Å²) >= 11 is 5.88. The number of halogens is 1. The molecule has 22 heavy (non-hydrogen) atoms. The van der Waals surface area contributed by atoms with E-state index in [2.05, 4.69) is 11.1 Å². The number of aromatic nitrogens is 1. The molecular weight excluding hydrogens is 300 g/mol. The molecule has 1 aromatic heterocycles. The molecule has 0 aliphatic heterocycles. The quantitative estimate of drug-likeness (QED) is 0.784. The van der Waals surface area contributed by atoms with E-state index in [0.717, 1.165) is 0 Å². The predicted molar refractivity (Wildman–Crippen MR) is 86.3 cm³/mol. The van der Waals surface area contributed by atoms with Crippen LogP contribution in [0, 0.1) is 11.3 Å². The predicted octanol–water partition coefficient (Wildman–Crippen LogP) is 3.73. The number of hydrogen-bond acceptors (Lipinski definition) is 3. The lowest BCUT2D eigenvalue weighted by Crippen LogP contribution is -2.11. The normalized spacial score (nSPS) is 10.4. The second-order valence-corrected chi connectivity index (χ2v) is 5.17. The van der Waals surface area contributed by atoms with Crippen LogP contribution >= 0.6 is 11.6 Å². The number of benzene rings is 2. The zero-order valence-corrected chi connectivity index (χ0v) is 12.4. The van der Waals surface area contributed by atoms with Crippen LogP contribution in [0.1, 0.15) is 5.56 Å². The van der Waals surface area contributed by atoms with E-state index in [-0.39, 0.29) is 5.56 Å². The molecule has 3 aromatic rings. The fourth-order valence-electron chi connectivity index (χ4n) is 2.41. The van der Waals surface area contributed by atoms with E-state index in [9.17, 15) is 10.1 Å². The van der Waals surface area contributed by atoms with Crippen molar-refractivity contribution in [3.05, 3.63) is 63.4 Å². The largest absolute Gasteiger partial charge is 0.497 e. The van der Waals surface area contributed by atoms with Gasteiger partial charge < -0.3 is 9.72 Å². The SMILES string of the molecule is COc1ccc2[nH]c(=O)c(-c3ccc(Cl)cc3)c(C#N)c2c1. The summed E-state index contributed by atoms with van der Waals surface area (Å²) in [4.78, 5) is 15.2. The molecule has 5 heteroatoms. The van der Waals surface area contributed by atoms with Crippen molar-refractivity contribution >= 4 is 22.5 Å². The van der Waals surface area contributed by atoms with Crippen molar-refractivity contribution in [1.29, 1.82) is 5.26 Å². The first-order valence-corrected chi connectivity index (χ1v) is 6.92. The molecule has 0 fully saturated rings. The number of aromatic amines is 1. The van der Waals surface area contributed by atoms with E-state index >= 15 is 0 Å². The maximum atomic E-state index is 12.4. The Hall–Kier alpha value is -2.77. The number of nitrogens with one attached hydrogen (secondary N) is 1. The van der Waals surface area contributed by atoms with E-state index in [1.807, 2.05) is 0 Å².